The number of aryl methyl sites for hydroxylation is 1. The third-order valence-electron chi connectivity index (χ3n) is 3.30. The van der Waals surface area contributed by atoms with E-state index in [-0.39, 0.29) is 5.91 Å². The minimum Gasteiger partial charge on any atom is -0.496 e. The predicted molar refractivity (Wildman–Crippen MR) is 81.7 cm³/mol. The van der Waals surface area contributed by atoms with Crippen molar-refractivity contribution >= 4 is 22.5 Å². The number of amides is 1. The Kier molecular flexibility index (Phi) is 3.31. The molecule has 1 N–H and O–H groups in total. The van der Waals surface area contributed by atoms with Gasteiger partial charge >= 0.3 is 0 Å². The predicted octanol–water partition coefficient (Wildman–Crippen LogP) is 2.83. The summed E-state index contributed by atoms with van der Waals surface area (Å²) in [4.78, 5) is 12.4. The summed E-state index contributed by atoms with van der Waals surface area (Å²) in [7, 11) is 3.42. The average molecular weight is 281 g/mol. The summed E-state index contributed by atoms with van der Waals surface area (Å²) in [5.74, 6) is 1.09. The van der Waals surface area contributed by atoms with Crippen LogP contribution in [-0.2, 0) is 7.05 Å². The highest BCUT2D eigenvalue weighted by Crippen LogP contribution is 2.28. The lowest BCUT2D eigenvalue weighted by Gasteiger charge is -2.10. The summed E-state index contributed by atoms with van der Waals surface area (Å²) in [6, 6.07) is 13.0. The number of nitrogens with one attached hydrogen (secondary N) is 1. The van der Waals surface area contributed by atoms with Crippen LogP contribution >= 0.6 is 0 Å². The molecule has 0 aliphatic heterocycles. The molecule has 0 saturated heterocycles. The normalized spacial score (nSPS) is 10.6. The molecule has 0 bridgehead atoms. The standard InChI is InChI=1S/C16H15N3O2/c1-19-10-9-15(18-19)17-16(20)13-7-8-14(21-2)12-6-4-3-5-11(12)13/h3-10H,1-2H3,(H,17,18,20). The van der Waals surface area contributed by atoms with Crippen LogP contribution in [0.3, 0.4) is 0 Å². The zero-order valence-electron chi connectivity index (χ0n) is 11.8. The van der Waals surface area contributed by atoms with E-state index in [1.165, 1.54) is 0 Å². The SMILES string of the molecule is COc1ccc(C(=O)Nc2ccn(C)n2)c2ccccc12. The van der Waals surface area contributed by atoms with E-state index in [1.54, 1.807) is 43.2 Å². The molecule has 0 radical (unpaired) electrons. The van der Waals surface area contributed by atoms with Gasteiger partial charge < -0.3 is 10.1 Å². The van der Waals surface area contributed by atoms with E-state index < -0.39 is 0 Å². The van der Waals surface area contributed by atoms with Gasteiger partial charge in [-0.2, -0.15) is 5.10 Å². The van der Waals surface area contributed by atoms with Crippen LogP contribution in [0.2, 0.25) is 0 Å². The first-order valence-corrected chi connectivity index (χ1v) is 6.56. The number of fused-ring (bicyclic) bond motifs is 1. The fourth-order valence-corrected chi connectivity index (χ4v) is 2.31. The van der Waals surface area contributed by atoms with Crippen LogP contribution in [0.25, 0.3) is 10.8 Å². The van der Waals surface area contributed by atoms with Gasteiger partial charge in [-0.05, 0) is 17.5 Å². The van der Waals surface area contributed by atoms with Crippen LogP contribution in [0.5, 0.6) is 5.75 Å². The van der Waals surface area contributed by atoms with Gasteiger partial charge in [0.15, 0.2) is 5.82 Å². The molecule has 0 aliphatic rings. The van der Waals surface area contributed by atoms with Gasteiger partial charge in [-0.15, -0.1) is 0 Å². The molecule has 0 fully saturated rings. The highest BCUT2D eigenvalue weighted by Gasteiger charge is 2.13. The van der Waals surface area contributed by atoms with Gasteiger partial charge in [0.05, 0.1) is 7.11 Å². The second-order valence-corrected chi connectivity index (χ2v) is 4.69. The molecule has 0 atom stereocenters. The summed E-state index contributed by atoms with van der Waals surface area (Å²) in [6.45, 7) is 0. The van der Waals surface area contributed by atoms with E-state index in [2.05, 4.69) is 10.4 Å². The molecule has 0 aliphatic carbocycles. The Labute approximate surface area is 122 Å². The van der Waals surface area contributed by atoms with E-state index in [4.69, 9.17) is 4.74 Å². The molecule has 5 nitrogen and oxygen atoms in total. The maximum Gasteiger partial charge on any atom is 0.257 e. The van der Waals surface area contributed by atoms with Crippen LogP contribution in [0.15, 0.2) is 48.7 Å². The van der Waals surface area contributed by atoms with Crippen molar-refractivity contribution in [3.63, 3.8) is 0 Å². The number of benzene rings is 2. The van der Waals surface area contributed by atoms with Crippen molar-refractivity contribution in [2.75, 3.05) is 12.4 Å². The summed E-state index contributed by atoms with van der Waals surface area (Å²) >= 11 is 0. The molecular formula is C16H15N3O2. The fourth-order valence-electron chi connectivity index (χ4n) is 2.31. The number of anilines is 1. The lowest BCUT2D eigenvalue weighted by Crippen LogP contribution is -2.13. The van der Waals surface area contributed by atoms with Gasteiger partial charge in [0.2, 0.25) is 0 Å². The molecule has 5 heteroatoms. The maximum absolute atomic E-state index is 12.4. The summed E-state index contributed by atoms with van der Waals surface area (Å²) in [5, 5.41) is 8.71. The largest absolute Gasteiger partial charge is 0.496 e. The van der Waals surface area contributed by atoms with Crippen molar-refractivity contribution < 1.29 is 9.53 Å². The first-order chi connectivity index (χ1) is 10.2. The Hall–Kier alpha value is -2.82. The summed E-state index contributed by atoms with van der Waals surface area (Å²) in [6.07, 6.45) is 1.78. The lowest BCUT2D eigenvalue weighted by atomic mass is 10.0. The molecule has 1 heterocycles. The van der Waals surface area contributed by atoms with E-state index in [0.29, 0.717) is 11.4 Å². The van der Waals surface area contributed by atoms with Gasteiger partial charge in [0.25, 0.3) is 5.91 Å². The van der Waals surface area contributed by atoms with Gasteiger partial charge in [-0.25, -0.2) is 0 Å². The van der Waals surface area contributed by atoms with Gasteiger partial charge in [0, 0.05) is 30.3 Å². The average Bonchev–Trinajstić information content (AvgIpc) is 2.91. The number of carbonyl (C=O) groups excluding carboxylic acids is 1. The van der Waals surface area contributed by atoms with E-state index in [9.17, 15) is 4.79 Å². The van der Waals surface area contributed by atoms with Gasteiger partial charge in [-0.1, -0.05) is 24.3 Å². The summed E-state index contributed by atoms with van der Waals surface area (Å²) < 4.78 is 6.98. The smallest absolute Gasteiger partial charge is 0.257 e. The Bertz CT molecular complexity index is 808. The zero-order valence-corrected chi connectivity index (χ0v) is 11.8. The maximum atomic E-state index is 12.4. The molecule has 1 aromatic heterocycles. The highest BCUT2D eigenvalue weighted by molar-refractivity contribution is 6.13. The number of hydrogen-bond donors (Lipinski definition) is 1. The third-order valence-corrected chi connectivity index (χ3v) is 3.30. The van der Waals surface area contributed by atoms with Crippen LogP contribution in [0.1, 0.15) is 10.4 Å². The molecule has 0 saturated carbocycles. The van der Waals surface area contributed by atoms with Crippen molar-refractivity contribution in [1.29, 1.82) is 0 Å². The molecule has 0 spiro atoms. The quantitative estimate of drug-likeness (QED) is 0.803. The molecule has 21 heavy (non-hydrogen) atoms. The van der Waals surface area contributed by atoms with Gasteiger partial charge in [0.1, 0.15) is 5.75 Å². The Morgan fingerprint density at radius 3 is 2.57 bits per heavy atom. The monoisotopic (exact) mass is 281 g/mol. The van der Waals surface area contributed by atoms with Crippen LogP contribution < -0.4 is 10.1 Å². The Morgan fingerprint density at radius 1 is 1.14 bits per heavy atom. The number of ether oxygens (including phenoxy) is 1. The zero-order chi connectivity index (χ0) is 14.8. The Morgan fingerprint density at radius 2 is 1.90 bits per heavy atom. The molecule has 0 unspecified atom stereocenters. The number of nitrogens with zero attached hydrogens (tertiary/aromatic N) is 2. The van der Waals surface area contributed by atoms with Crippen LogP contribution in [-0.4, -0.2) is 22.8 Å². The molecule has 2 aromatic carbocycles. The van der Waals surface area contributed by atoms with Crippen molar-refractivity contribution in [2.24, 2.45) is 7.05 Å². The lowest BCUT2D eigenvalue weighted by molar-refractivity contribution is 0.102. The van der Waals surface area contributed by atoms with E-state index in [0.717, 1.165) is 16.5 Å². The second kappa shape index (κ2) is 5.28. The van der Waals surface area contributed by atoms with Crippen molar-refractivity contribution in [1.82, 2.24) is 9.78 Å². The number of hydrogen-bond acceptors (Lipinski definition) is 3. The minimum absolute atomic E-state index is 0.187. The molecular weight excluding hydrogens is 266 g/mol. The number of aromatic nitrogens is 2. The second-order valence-electron chi connectivity index (χ2n) is 4.69. The van der Waals surface area contributed by atoms with E-state index in [1.807, 2.05) is 24.3 Å². The van der Waals surface area contributed by atoms with E-state index >= 15 is 0 Å². The van der Waals surface area contributed by atoms with Crippen LogP contribution in [0.4, 0.5) is 5.82 Å². The third kappa shape index (κ3) is 2.45. The molecule has 1 amide bonds. The van der Waals surface area contributed by atoms with Crippen molar-refractivity contribution in [3.8, 4) is 5.75 Å². The highest BCUT2D eigenvalue weighted by atomic mass is 16.5. The fraction of sp³-hybridized carbons (Fsp3) is 0.125. The van der Waals surface area contributed by atoms with Crippen molar-refractivity contribution in [2.45, 2.75) is 0 Å². The molecule has 3 aromatic rings. The number of carbonyl (C=O) groups is 1. The Balaban J connectivity index is 2.02. The molecule has 3 rings (SSSR count). The summed E-state index contributed by atoms with van der Waals surface area (Å²) in [5.41, 5.74) is 0.594. The van der Waals surface area contributed by atoms with Gasteiger partial charge in [-0.3, -0.25) is 9.48 Å². The van der Waals surface area contributed by atoms with Crippen LogP contribution in [0, 0.1) is 0 Å². The minimum atomic E-state index is -0.187. The first kappa shape index (κ1) is 13.2. The molecule has 106 valence electrons. The number of rotatable bonds is 3. The first-order valence-electron chi connectivity index (χ1n) is 6.56. The number of methoxy groups -OCH3 is 1. The van der Waals surface area contributed by atoms with Crippen molar-refractivity contribution in [3.05, 3.63) is 54.2 Å². The topological polar surface area (TPSA) is 56.1 Å².